The first-order valence-corrected chi connectivity index (χ1v) is 4.54. The number of carbonyl (C=O) groups is 1. The number of aliphatic carboxylic acids is 1. The molecule has 0 atom stereocenters. The van der Waals surface area contributed by atoms with E-state index < -0.39 is 5.97 Å². The molecule has 0 aliphatic carbocycles. The van der Waals surface area contributed by atoms with Gasteiger partial charge in [0.25, 0.3) is 0 Å². The van der Waals surface area contributed by atoms with Gasteiger partial charge in [-0.2, -0.15) is 0 Å². The highest BCUT2D eigenvalue weighted by Gasteiger charge is 1.96. The lowest BCUT2D eigenvalue weighted by Gasteiger charge is -1.96. The van der Waals surface area contributed by atoms with E-state index in [-0.39, 0.29) is 6.42 Å². The van der Waals surface area contributed by atoms with E-state index in [0.29, 0.717) is 0 Å². The normalized spacial score (nSPS) is 11.7. The fraction of sp³-hybridized carbons (Fsp3) is 0.700. The highest BCUT2D eigenvalue weighted by atomic mass is 16.4. The zero-order valence-electron chi connectivity index (χ0n) is 7.97. The number of carboxylic acid groups (broad SMARTS) is 1. The summed E-state index contributed by atoms with van der Waals surface area (Å²) in [6, 6.07) is 0. The van der Waals surface area contributed by atoms with Gasteiger partial charge in [0.05, 0.1) is 6.42 Å². The minimum atomic E-state index is -0.737. The van der Waals surface area contributed by atoms with Gasteiger partial charge < -0.3 is 5.11 Å². The summed E-state index contributed by atoms with van der Waals surface area (Å²) in [5.74, 6) is -0.737. The van der Waals surface area contributed by atoms with Gasteiger partial charge in [0, 0.05) is 0 Å². The molecular formula is C10H18O2. The Kier molecular flexibility index (Phi) is 6.44. The maximum absolute atomic E-state index is 10.3. The van der Waals surface area contributed by atoms with Crippen LogP contribution >= 0.6 is 0 Å². The van der Waals surface area contributed by atoms with Crippen LogP contribution in [0.4, 0.5) is 0 Å². The SMILES string of the molecule is CCCCC/C=C(\C)CC(=O)O. The van der Waals surface area contributed by atoms with Crippen LogP contribution in [0.1, 0.15) is 46.0 Å². The highest BCUT2D eigenvalue weighted by molar-refractivity contribution is 5.69. The Hall–Kier alpha value is -0.790. The van der Waals surface area contributed by atoms with Crippen LogP contribution in [0.25, 0.3) is 0 Å². The van der Waals surface area contributed by atoms with Crippen molar-refractivity contribution in [2.24, 2.45) is 0 Å². The summed E-state index contributed by atoms with van der Waals surface area (Å²) in [5.41, 5.74) is 0.971. The Bertz CT molecular complexity index is 159. The molecule has 0 saturated heterocycles. The van der Waals surface area contributed by atoms with Crippen molar-refractivity contribution in [3.8, 4) is 0 Å². The molecule has 0 aliphatic rings. The van der Waals surface area contributed by atoms with Crippen LogP contribution in [-0.4, -0.2) is 11.1 Å². The summed E-state index contributed by atoms with van der Waals surface area (Å²) in [6.45, 7) is 4.04. The molecule has 70 valence electrons. The van der Waals surface area contributed by atoms with E-state index in [1.165, 1.54) is 19.3 Å². The van der Waals surface area contributed by atoms with Crippen molar-refractivity contribution in [2.75, 3.05) is 0 Å². The molecule has 0 amide bonds. The first-order chi connectivity index (χ1) is 5.66. The Labute approximate surface area is 74.3 Å². The number of allylic oxidation sites excluding steroid dienone is 1. The lowest BCUT2D eigenvalue weighted by Crippen LogP contribution is -1.94. The predicted octanol–water partition coefficient (Wildman–Crippen LogP) is 2.99. The van der Waals surface area contributed by atoms with Gasteiger partial charge in [-0.15, -0.1) is 0 Å². The van der Waals surface area contributed by atoms with Crippen molar-refractivity contribution in [1.29, 1.82) is 0 Å². The molecule has 0 radical (unpaired) electrons. The topological polar surface area (TPSA) is 37.3 Å². The molecule has 12 heavy (non-hydrogen) atoms. The maximum Gasteiger partial charge on any atom is 0.307 e. The third-order valence-corrected chi connectivity index (χ3v) is 1.73. The van der Waals surface area contributed by atoms with Gasteiger partial charge in [0.15, 0.2) is 0 Å². The van der Waals surface area contributed by atoms with Crippen LogP contribution in [0.5, 0.6) is 0 Å². The van der Waals surface area contributed by atoms with Crippen LogP contribution < -0.4 is 0 Å². The molecule has 0 heterocycles. The third-order valence-electron chi connectivity index (χ3n) is 1.73. The first kappa shape index (κ1) is 11.2. The zero-order chi connectivity index (χ0) is 9.40. The van der Waals surface area contributed by atoms with Gasteiger partial charge in [-0.25, -0.2) is 0 Å². The molecule has 0 unspecified atom stereocenters. The lowest BCUT2D eigenvalue weighted by atomic mass is 10.1. The van der Waals surface area contributed by atoms with E-state index in [2.05, 4.69) is 6.92 Å². The van der Waals surface area contributed by atoms with Crippen molar-refractivity contribution in [1.82, 2.24) is 0 Å². The molecule has 0 rings (SSSR count). The van der Waals surface area contributed by atoms with E-state index >= 15 is 0 Å². The second-order valence-corrected chi connectivity index (χ2v) is 3.12. The molecule has 0 aliphatic heterocycles. The van der Waals surface area contributed by atoms with Crippen LogP contribution in [0, 0.1) is 0 Å². The van der Waals surface area contributed by atoms with E-state index in [9.17, 15) is 4.79 Å². The molecule has 2 nitrogen and oxygen atoms in total. The highest BCUT2D eigenvalue weighted by Crippen LogP contribution is 2.05. The van der Waals surface area contributed by atoms with Gasteiger partial charge in [0.1, 0.15) is 0 Å². The predicted molar refractivity (Wildman–Crippen MR) is 50.2 cm³/mol. The number of hydrogen-bond acceptors (Lipinski definition) is 1. The average molecular weight is 170 g/mol. The second kappa shape index (κ2) is 6.89. The van der Waals surface area contributed by atoms with E-state index in [1.54, 1.807) is 0 Å². The molecule has 0 saturated carbocycles. The summed E-state index contributed by atoms with van der Waals surface area (Å²) in [4.78, 5) is 10.3. The van der Waals surface area contributed by atoms with Gasteiger partial charge in [-0.3, -0.25) is 4.79 Å². The minimum absolute atomic E-state index is 0.187. The summed E-state index contributed by atoms with van der Waals surface area (Å²) in [5, 5.41) is 8.45. The minimum Gasteiger partial charge on any atom is -0.481 e. The Balaban J connectivity index is 3.48. The molecule has 1 N–H and O–H groups in total. The summed E-state index contributed by atoms with van der Waals surface area (Å²) >= 11 is 0. The standard InChI is InChI=1S/C10H18O2/c1-3-4-5-6-7-9(2)8-10(11)12/h7H,3-6,8H2,1-2H3,(H,11,12)/b9-7+. The van der Waals surface area contributed by atoms with Gasteiger partial charge in [-0.1, -0.05) is 31.4 Å². The van der Waals surface area contributed by atoms with Gasteiger partial charge in [-0.05, 0) is 19.8 Å². The van der Waals surface area contributed by atoms with Gasteiger partial charge in [0.2, 0.25) is 0 Å². The fourth-order valence-corrected chi connectivity index (χ4v) is 1.05. The van der Waals surface area contributed by atoms with E-state index in [1.807, 2.05) is 13.0 Å². The molecule has 0 aromatic heterocycles. The summed E-state index contributed by atoms with van der Waals surface area (Å²) in [6.07, 6.45) is 6.86. The molecule has 0 spiro atoms. The third kappa shape index (κ3) is 7.32. The molecular weight excluding hydrogens is 152 g/mol. The zero-order valence-corrected chi connectivity index (χ0v) is 7.97. The molecule has 0 fully saturated rings. The number of carboxylic acids is 1. The largest absolute Gasteiger partial charge is 0.481 e. The van der Waals surface area contributed by atoms with Gasteiger partial charge >= 0.3 is 5.97 Å². The Morgan fingerprint density at radius 3 is 2.58 bits per heavy atom. The van der Waals surface area contributed by atoms with Crippen molar-refractivity contribution < 1.29 is 9.90 Å². The van der Waals surface area contributed by atoms with E-state index in [0.717, 1.165) is 12.0 Å². The summed E-state index contributed by atoms with van der Waals surface area (Å²) < 4.78 is 0. The average Bonchev–Trinajstić information content (AvgIpc) is 1.97. The number of unbranched alkanes of at least 4 members (excludes halogenated alkanes) is 3. The summed E-state index contributed by atoms with van der Waals surface area (Å²) in [7, 11) is 0. The fourth-order valence-electron chi connectivity index (χ4n) is 1.05. The van der Waals surface area contributed by atoms with Crippen LogP contribution in [0.3, 0.4) is 0 Å². The monoisotopic (exact) mass is 170 g/mol. The lowest BCUT2D eigenvalue weighted by molar-refractivity contribution is -0.136. The van der Waals surface area contributed by atoms with Crippen molar-refractivity contribution in [2.45, 2.75) is 46.0 Å². The maximum atomic E-state index is 10.3. The number of rotatable bonds is 6. The first-order valence-electron chi connectivity index (χ1n) is 4.54. The van der Waals surface area contributed by atoms with Crippen molar-refractivity contribution in [3.63, 3.8) is 0 Å². The van der Waals surface area contributed by atoms with Crippen LogP contribution in [-0.2, 0) is 4.79 Å². The Morgan fingerprint density at radius 1 is 1.42 bits per heavy atom. The van der Waals surface area contributed by atoms with E-state index in [4.69, 9.17) is 5.11 Å². The molecule has 0 aromatic carbocycles. The second-order valence-electron chi connectivity index (χ2n) is 3.12. The van der Waals surface area contributed by atoms with Crippen molar-refractivity contribution in [3.05, 3.63) is 11.6 Å². The smallest absolute Gasteiger partial charge is 0.307 e. The molecule has 2 heteroatoms. The number of hydrogen-bond donors (Lipinski definition) is 1. The molecule has 0 aromatic rings. The molecule has 0 bridgehead atoms. The Morgan fingerprint density at radius 2 is 2.08 bits per heavy atom. The van der Waals surface area contributed by atoms with Crippen molar-refractivity contribution >= 4 is 5.97 Å². The van der Waals surface area contributed by atoms with Crippen LogP contribution in [0.2, 0.25) is 0 Å². The van der Waals surface area contributed by atoms with Crippen LogP contribution in [0.15, 0.2) is 11.6 Å². The quantitative estimate of drug-likeness (QED) is 0.491.